The van der Waals surface area contributed by atoms with E-state index in [-0.39, 0.29) is 6.54 Å². The minimum absolute atomic E-state index is 0.319. The molecule has 7 nitrogen and oxygen atoms in total. The van der Waals surface area contributed by atoms with Crippen LogP contribution in [0.15, 0.2) is 36.4 Å². The maximum atomic E-state index is 12.5. The van der Waals surface area contributed by atoms with Crippen LogP contribution in [0.25, 0.3) is 0 Å². The number of halogens is 1. The van der Waals surface area contributed by atoms with E-state index in [4.69, 9.17) is 21.1 Å². The van der Waals surface area contributed by atoms with Crippen molar-refractivity contribution in [3.63, 3.8) is 0 Å². The van der Waals surface area contributed by atoms with Gasteiger partial charge in [0.1, 0.15) is 19.8 Å². The van der Waals surface area contributed by atoms with Gasteiger partial charge in [0.15, 0.2) is 11.5 Å². The highest BCUT2D eigenvalue weighted by Crippen LogP contribution is 2.34. The molecular formula is C18H19ClN2O5S. The summed E-state index contributed by atoms with van der Waals surface area (Å²) in [6, 6.07) is 9.87. The van der Waals surface area contributed by atoms with E-state index in [9.17, 15) is 13.2 Å². The number of amides is 1. The second-order valence-electron chi connectivity index (χ2n) is 6.06. The van der Waals surface area contributed by atoms with Crippen molar-refractivity contribution >= 4 is 38.9 Å². The summed E-state index contributed by atoms with van der Waals surface area (Å²) in [5.74, 6) is 0.497. The second-order valence-corrected chi connectivity index (χ2v) is 8.37. The Morgan fingerprint density at radius 3 is 2.59 bits per heavy atom. The third-order valence-corrected chi connectivity index (χ3v) is 5.59. The van der Waals surface area contributed by atoms with Gasteiger partial charge in [0.05, 0.1) is 11.9 Å². The van der Waals surface area contributed by atoms with Gasteiger partial charge in [-0.2, -0.15) is 0 Å². The largest absolute Gasteiger partial charge is 0.486 e. The molecule has 0 aliphatic carbocycles. The minimum atomic E-state index is -3.70. The van der Waals surface area contributed by atoms with Gasteiger partial charge in [-0.05, 0) is 36.8 Å². The van der Waals surface area contributed by atoms with Gasteiger partial charge in [0, 0.05) is 16.8 Å². The fraction of sp³-hybridized carbons (Fsp3) is 0.278. The van der Waals surface area contributed by atoms with Crippen LogP contribution in [0.4, 0.5) is 11.4 Å². The highest BCUT2D eigenvalue weighted by atomic mass is 35.5. The molecule has 0 fully saturated rings. The van der Waals surface area contributed by atoms with Crippen molar-refractivity contribution in [1.29, 1.82) is 0 Å². The van der Waals surface area contributed by atoms with Gasteiger partial charge in [-0.1, -0.05) is 17.7 Å². The molecular weight excluding hydrogens is 392 g/mol. The fourth-order valence-electron chi connectivity index (χ4n) is 2.65. The lowest BCUT2D eigenvalue weighted by molar-refractivity contribution is -0.114. The Kier molecular flexibility index (Phi) is 5.48. The van der Waals surface area contributed by atoms with E-state index in [1.165, 1.54) is 0 Å². The molecule has 0 bridgehead atoms. The molecule has 2 aromatic carbocycles. The monoisotopic (exact) mass is 410 g/mol. The molecule has 3 rings (SSSR count). The molecule has 0 unspecified atom stereocenters. The van der Waals surface area contributed by atoms with Crippen molar-refractivity contribution in [2.75, 3.05) is 35.6 Å². The Labute approximate surface area is 162 Å². The van der Waals surface area contributed by atoms with E-state index in [0.717, 1.165) is 10.6 Å². The summed E-state index contributed by atoms with van der Waals surface area (Å²) in [6.45, 7) is 2.20. The molecule has 0 atom stereocenters. The van der Waals surface area contributed by atoms with Crippen LogP contribution in [0.1, 0.15) is 5.56 Å². The zero-order valence-electron chi connectivity index (χ0n) is 14.9. The molecule has 2 aromatic rings. The number of fused-ring (bicyclic) bond motifs is 1. The summed E-state index contributed by atoms with van der Waals surface area (Å²) in [7, 11) is -3.70. The van der Waals surface area contributed by atoms with Gasteiger partial charge in [-0.3, -0.25) is 9.10 Å². The highest BCUT2D eigenvalue weighted by Gasteiger charge is 2.23. The average Bonchev–Trinajstić information content (AvgIpc) is 2.62. The van der Waals surface area contributed by atoms with Gasteiger partial charge in [0.25, 0.3) is 0 Å². The standard InChI is InChI=1S/C18H19ClN2O5S/c1-12-14(19)4-3-5-15(12)20-18(22)11-21(27(2,23)24)13-6-7-16-17(10-13)26-9-8-25-16/h3-7,10H,8-9,11H2,1-2H3,(H,20,22). The van der Waals surface area contributed by atoms with Gasteiger partial charge in [-0.15, -0.1) is 0 Å². The maximum Gasteiger partial charge on any atom is 0.245 e. The van der Waals surface area contributed by atoms with Gasteiger partial charge in [0.2, 0.25) is 15.9 Å². The summed E-state index contributed by atoms with van der Waals surface area (Å²) >= 11 is 6.06. The molecule has 27 heavy (non-hydrogen) atoms. The van der Waals surface area contributed by atoms with Crippen molar-refractivity contribution in [1.82, 2.24) is 0 Å². The van der Waals surface area contributed by atoms with Crippen LogP contribution in [-0.4, -0.2) is 40.3 Å². The Hall–Kier alpha value is -2.45. The van der Waals surface area contributed by atoms with Gasteiger partial charge < -0.3 is 14.8 Å². The molecule has 9 heteroatoms. The first kappa shape index (κ1) is 19.3. The quantitative estimate of drug-likeness (QED) is 0.819. The van der Waals surface area contributed by atoms with Crippen LogP contribution in [0.5, 0.6) is 11.5 Å². The van der Waals surface area contributed by atoms with Crippen molar-refractivity contribution in [2.45, 2.75) is 6.92 Å². The van der Waals surface area contributed by atoms with Crippen LogP contribution < -0.4 is 19.1 Å². The molecule has 144 valence electrons. The number of nitrogens with zero attached hydrogens (tertiary/aromatic N) is 1. The number of sulfonamides is 1. The smallest absolute Gasteiger partial charge is 0.245 e. The average molecular weight is 411 g/mol. The number of rotatable bonds is 5. The summed E-state index contributed by atoms with van der Waals surface area (Å²) < 4.78 is 36.5. The minimum Gasteiger partial charge on any atom is -0.486 e. The third kappa shape index (κ3) is 4.45. The summed E-state index contributed by atoms with van der Waals surface area (Å²) in [5.41, 5.74) is 1.56. The zero-order chi connectivity index (χ0) is 19.6. The molecule has 0 saturated carbocycles. The topological polar surface area (TPSA) is 84.9 Å². The Morgan fingerprint density at radius 1 is 1.19 bits per heavy atom. The van der Waals surface area contributed by atoms with E-state index in [0.29, 0.717) is 46.7 Å². The van der Waals surface area contributed by atoms with E-state index in [2.05, 4.69) is 5.32 Å². The van der Waals surface area contributed by atoms with Crippen LogP contribution in [0.2, 0.25) is 5.02 Å². The predicted octanol–water partition coefficient (Wildman–Crippen LogP) is 2.82. The van der Waals surface area contributed by atoms with Gasteiger partial charge in [-0.25, -0.2) is 8.42 Å². The summed E-state index contributed by atoms with van der Waals surface area (Å²) in [6.07, 6.45) is 1.04. The third-order valence-electron chi connectivity index (χ3n) is 4.04. The van der Waals surface area contributed by atoms with Crippen LogP contribution >= 0.6 is 11.6 Å². The van der Waals surface area contributed by atoms with Gasteiger partial charge >= 0.3 is 0 Å². The van der Waals surface area contributed by atoms with Crippen LogP contribution in [0.3, 0.4) is 0 Å². The SMILES string of the molecule is Cc1c(Cl)cccc1NC(=O)CN(c1ccc2c(c1)OCCO2)S(C)(=O)=O. The zero-order valence-corrected chi connectivity index (χ0v) is 16.4. The highest BCUT2D eigenvalue weighted by molar-refractivity contribution is 7.92. The number of hydrogen-bond acceptors (Lipinski definition) is 5. The first-order valence-electron chi connectivity index (χ1n) is 8.18. The summed E-state index contributed by atoms with van der Waals surface area (Å²) in [4.78, 5) is 12.5. The lowest BCUT2D eigenvalue weighted by Crippen LogP contribution is -2.37. The second kappa shape index (κ2) is 7.66. The molecule has 0 aromatic heterocycles. The van der Waals surface area contributed by atoms with Crippen molar-refractivity contribution in [3.8, 4) is 11.5 Å². The Balaban J connectivity index is 1.84. The fourth-order valence-corrected chi connectivity index (χ4v) is 3.67. The van der Waals surface area contributed by atoms with E-state index >= 15 is 0 Å². The lowest BCUT2D eigenvalue weighted by atomic mass is 10.2. The molecule has 1 aliphatic rings. The van der Waals surface area contributed by atoms with Crippen LogP contribution in [-0.2, 0) is 14.8 Å². The van der Waals surface area contributed by atoms with Crippen LogP contribution in [0, 0.1) is 6.92 Å². The normalized spacial score (nSPS) is 13.1. The Bertz CT molecular complexity index is 978. The number of ether oxygens (including phenoxy) is 2. The molecule has 1 amide bonds. The van der Waals surface area contributed by atoms with Crippen molar-refractivity contribution in [3.05, 3.63) is 47.0 Å². The molecule has 0 radical (unpaired) electrons. The number of nitrogens with one attached hydrogen (secondary N) is 1. The van der Waals surface area contributed by atoms with E-state index in [1.54, 1.807) is 43.3 Å². The molecule has 1 heterocycles. The van der Waals surface area contributed by atoms with Crippen molar-refractivity contribution < 1.29 is 22.7 Å². The number of benzene rings is 2. The molecule has 0 saturated heterocycles. The first-order valence-corrected chi connectivity index (χ1v) is 10.4. The lowest BCUT2D eigenvalue weighted by Gasteiger charge is -2.25. The molecule has 1 aliphatic heterocycles. The summed E-state index contributed by atoms with van der Waals surface area (Å²) in [5, 5.41) is 3.21. The number of carbonyl (C=O) groups excluding carboxylic acids is 1. The first-order chi connectivity index (χ1) is 12.8. The maximum absolute atomic E-state index is 12.5. The molecule has 0 spiro atoms. The Morgan fingerprint density at radius 2 is 1.89 bits per heavy atom. The van der Waals surface area contributed by atoms with E-state index < -0.39 is 15.9 Å². The van der Waals surface area contributed by atoms with Crippen molar-refractivity contribution in [2.24, 2.45) is 0 Å². The predicted molar refractivity (Wildman–Crippen MR) is 104 cm³/mol. The number of anilines is 2. The number of hydrogen-bond donors (Lipinski definition) is 1. The molecule has 1 N–H and O–H groups in total. The van der Waals surface area contributed by atoms with E-state index in [1.807, 2.05) is 0 Å². The number of carbonyl (C=O) groups is 1.